The maximum Gasteiger partial charge on any atom is 0.263 e. The smallest absolute Gasteiger partial charge is 0.263 e. The molecule has 0 spiro atoms. The zero-order valence-electron chi connectivity index (χ0n) is 13.5. The molecule has 134 valence electrons. The predicted molar refractivity (Wildman–Crippen MR) is 97.8 cm³/mol. The summed E-state index contributed by atoms with van der Waals surface area (Å²) in [6, 6.07) is 0. The van der Waals surface area contributed by atoms with Crippen LogP contribution >= 0.6 is 24.8 Å². The number of hydrogen-bond donors (Lipinski definition) is 4. The second-order valence-electron chi connectivity index (χ2n) is 4.50. The number of anilines is 2. The second-order valence-corrected chi connectivity index (χ2v) is 4.50. The molecule has 24 heavy (non-hydrogen) atoms. The van der Waals surface area contributed by atoms with Gasteiger partial charge in [0.25, 0.3) is 11.9 Å². The van der Waals surface area contributed by atoms with Crippen molar-refractivity contribution in [2.45, 2.75) is 27.7 Å². The quantitative estimate of drug-likeness (QED) is 0.321. The SMILES string of the molecule is CC(=N/Nc1nnc(C)n1N)/C(C)=N/Nc1nnc(C)n1N.Cl.Cl. The standard InChI is InChI=1S/C10H18N12.2ClH/c1-5(13-17-9-19-15-7(3)21(9)11)6(2)14-18-10-20-16-8(4)22(10)12;;/h11-12H2,1-4H3,(H,17,19)(H,18,20);2*1H/b13-5-,14-6+;;. The van der Waals surface area contributed by atoms with E-state index in [0.29, 0.717) is 35.0 Å². The Bertz CT molecular complexity index is 668. The Labute approximate surface area is 150 Å². The first-order valence-electron chi connectivity index (χ1n) is 6.35. The van der Waals surface area contributed by atoms with Crippen LogP contribution in [0.25, 0.3) is 0 Å². The zero-order valence-corrected chi connectivity index (χ0v) is 15.2. The summed E-state index contributed by atoms with van der Waals surface area (Å²) in [5.74, 6) is 13.2. The van der Waals surface area contributed by atoms with Gasteiger partial charge in [0.15, 0.2) is 11.6 Å². The maximum absolute atomic E-state index is 5.70. The molecular weight excluding hydrogens is 359 g/mol. The molecule has 0 saturated carbocycles. The van der Waals surface area contributed by atoms with Gasteiger partial charge in [-0.3, -0.25) is 0 Å². The molecule has 14 heteroatoms. The third-order valence-electron chi connectivity index (χ3n) is 2.90. The van der Waals surface area contributed by atoms with E-state index in [2.05, 4.69) is 41.4 Å². The van der Waals surface area contributed by atoms with Crippen molar-refractivity contribution in [1.29, 1.82) is 0 Å². The van der Waals surface area contributed by atoms with Crippen molar-refractivity contribution >= 4 is 48.1 Å². The van der Waals surface area contributed by atoms with E-state index in [-0.39, 0.29) is 24.8 Å². The summed E-state index contributed by atoms with van der Waals surface area (Å²) in [6.07, 6.45) is 0. The highest BCUT2D eigenvalue weighted by Crippen LogP contribution is 2.02. The van der Waals surface area contributed by atoms with Crippen molar-refractivity contribution in [3.63, 3.8) is 0 Å². The van der Waals surface area contributed by atoms with Crippen LogP contribution in [0.5, 0.6) is 0 Å². The fourth-order valence-corrected chi connectivity index (χ4v) is 1.32. The summed E-state index contributed by atoms with van der Waals surface area (Å²) in [4.78, 5) is 0. The molecule has 0 aliphatic heterocycles. The van der Waals surface area contributed by atoms with Crippen LogP contribution in [0.2, 0.25) is 0 Å². The Morgan fingerprint density at radius 3 is 1.38 bits per heavy atom. The van der Waals surface area contributed by atoms with Crippen LogP contribution in [0.1, 0.15) is 25.5 Å². The molecule has 0 aliphatic carbocycles. The number of aromatic nitrogens is 6. The van der Waals surface area contributed by atoms with Crippen LogP contribution in [0.15, 0.2) is 10.2 Å². The van der Waals surface area contributed by atoms with Crippen molar-refractivity contribution < 1.29 is 0 Å². The molecule has 2 aromatic heterocycles. The highest BCUT2D eigenvalue weighted by atomic mass is 35.5. The van der Waals surface area contributed by atoms with Crippen molar-refractivity contribution in [2.75, 3.05) is 22.5 Å². The predicted octanol–water partition coefficient (Wildman–Crippen LogP) is 0.0334. The minimum absolute atomic E-state index is 0. The van der Waals surface area contributed by atoms with Gasteiger partial charge in [-0.05, 0) is 27.7 Å². The summed E-state index contributed by atoms with van der Waals surface area (Å²) in [5, 5.41) is 23.5. The Hall–Kier alpha value is -2.60. The number of rotatable bonds is 5. The van der Waals surface area contributed by atoms with E-state index in [0.717, 1.165) is 0 Å². The Morgan fingerprint density at radius 1 is 0.792 bits per heavy atom. The molecule has 2 heterocycles. The van der Waals surface area contributed by atoms with E-state index in [1.165, 1.54) is 9.35 Å². The third-order valence-corrected chi connectivity index (χ3v) is 2.90. The monoisotopic (exact) mass is 378 g/mol. The molecule has 0 radical (unpaired) electrons. The van der Waals surface area contributed by atoms with Crippen LogP contribution in [-0.4, -0.2) is 41.2 Å². The number of hydrogen-bond acceptors (Lipinski definition) is 10. The van der Waals surface area contributed by atoms with Crippen molar-refractivity contribution in [3.05, 3.63) is 11.6 Å². The first kappa shape index (κ1) is 21.4. The molecular formula is C10H20Cl2N12. The molecule has 0 amide bonds. The Balaban J connectivity index is 0.00000264. The third kappa shape index (κ3) is 4.70. The van der Waals surface area contributed by atoms with Gasteiger partial charge in [-0.15, -0.1) is 45.2 Å². The highest BCUT2D eigenvalue weighted by molar-refractivity contribution is 6.40. The van der Waals surface area contributed by atoms with Gasteiger partial charge in [0.1, 0.15) is 0 Å². The van der Waals surface area contributed by atoms with E-state index >= 15 is 0 Å². The van der Waals surface area contributed by atoms with Gasteiger partial charge in [-0.2, -0.15) is 10.2 Å². The normalized spacial score (nSPS) is 11.5. The van der Waals surface area contributed by atoms with E-state index in [1.54, 1.807) is 27.7 Å². The minimum Gasteiger partial charge on any atom is -0.335 e. The average molecular weight is 379 g/mol. The van der Waals surface area contributed by atoms with Gasteiger partial charge < -0.3 is 11.7 Å². The van der Waals surface area contributed by atoms with E-state index in [1.807, 2.05) is 0 Å². The lowest BCUT2D eigenvalue weighted by molar-refractivity contribution is 0.925. The van der Waals surface area contributed by atoms with Crippen molar-refractivity contribution in [1.82, 2.24) is 29.7 Å². The first-order valence-corrected chi connectivity index (χ1v) is 6.35. The van der Waals surface area contributed by atoms with Gasteiger partial charge in [0, 0.05) is 0 Å². The number of nitrogens with one attached hydrogen (secondary N) is 2. The molecule has 6 N–H and O–H groups in total. The van der Waals surface area contributed by atoms with E-state index < -0.39 is 0 Å². The molecule has 0 aliphatic rings. The Morgan fingerprint density at radius 2 is 1.12 bits per heavy atom. The first-order chi connectivity index (χ1) is 10.4. The summed E-state index contributed by atoms with van der Waals surface area (Å²) in [7, 11) is 0. The zero-order chi connectivity index (χ0) is 16.3. The molecule has 0 bridgehead atoms. The fraction of sp³-hybridized carbons (Fsp3) is 0.400. The molecule has 0 saturated heterocycles. The molecule has 12 nitrogen and oxygen atoms in total. The molecule has 0 atom stereocenters. The summed E-state index contributed by atoms with van der Waals surface area (Å²) in [6.45, 7) is 7.01. The van der Waals surface area contributed by atoms with Crippen LogP contribution in [0.3, 0.4) is 0 Å². The molecule has 0 unspecified atom stereocenters. The van der Waals surface area contributed by atoms with Crippen LogP contribution in [0.4, 0.5) is 11.9 Å². The number of nitrogens with zero attached hydrogens (tertiary/aromatic N) is 8. The number of nitrogen functional groups attached to an aromatic ring is 2. The number of hydrazone groups is 2. The summed E-state index contributed by atoms with van der Waals surface area (Å²) < 4.78 is 2.59. The van der Waals surface area contributed by atoms with Gasteiger partial charge >= 0.3 is 0 Å². The lowest BCUT2D eigenvalue weighted by Gasteiger charge is -2.04. The van der Waals surface area contributed by atoms with Gasteiger partial charge in [-0.1, -0.05) is 0 Å². The summed E-state index contributed by atoms with van der Waals surface area (Å²) >= 11 is 0. The molecule has 2 aromatic rings. The molecule has 0 fully saturated rings. The van der Waals surface area contributed by atoms with Crippen molar-refractivity contribution in [3.8, 4) is 0 Å². The molecule has 2 rings (SSSR count). The van der Waals surface area contributed by atoms with Crippen LogP contribution < -0.4 is 22.5 Å². The minimum atomic E-state index is 0. The van der Waals surface area contributed by atoms with Gasteiger partial charge in [0.05, 0.1) is 11.4 Å². The highest BCUT2D eigenvalue weighted by Gasteiger charge is 2.06. The Kier molecular flexibility index (Phi) is 7.92. The number of aryl methyl sites for hydroxylation is 2. The van der Waals surface area contributed by atoms with Crippen LogP contribution in [0, 0.1) is 13.8 Å². The molecule has 0 aromatic carbocycles. The van der Waals surface area contributed by atoms with Gasteiger partial charge in [-0.25, -0.2) is 20.2 Å². The van der Waals surface area contributed by atoms with E-state index in [9.17, 15) is 0 Å². The largest absolute Gasteiger partial charge is 0.335 e. The lowest BCUT2D eigenvalue weighted by Crippen LogP contribution is -2.17. The second kappa shape index (κ2) is 8.88. The lowest BCUT2D eigenvalue weighted by atomic mass is 10.3. The maximum atomic E-state index is 5.70. The fourth-order valence-electron chi connectivity index (χ4n) is 1.32. The van der Waals surface area contributed by atoms with Crippen molar-refractivity contribution in [2.24, 2.45) is 10.2 Å². The van der Waals surface area contributed by atoms with Gasteiger partial charge in [0.2, 0.25) is 0 Å². The topological polar surface area (TPSA) is 162 Å². The average Bonchev–Trinajstić information content (AvgIpc) is 2.99. The van der Waals surface area contributed by atoms with E-state index in [4.69, 9.17) is 11.7 Å². The number of halogens is 2. The summed E-state index contributed by atoms with van der Waals surface area (Å²) in [5.41, 5.74) is 6.66. The number of nitrogens with two attached hydrogens (primary N) is 2. The van der Waals surface area contributed by atoms with Crippen LogP contribution in [-0.2, 0) is 0 Å².